The molecule has 1 heterocycles. The number of nitrogens with one attached hydrogen (secondary N) is 1. The van der Waals surface area contributed by atoms with Crippen LogP contribution in [0.3, 0.4) is 0 Å². The second kappa shape index (κ2) is 6.96. The lowest BCUT2D eigenvalue weighted by Crippen LogP contribution is -2.18. The number of ether oxygens (including phenoxy) is 1. The zero-order chi connectivity index (χ0) is 13.5. The van der Waals surface area contributed by atoms with Crippen LogP contribution in [0.25, 0.3) is 0 Å². The summed E-state index contributed by atoms with van der Waals surface area (Å²) >= 11 is 0. The molecule has 1 N–H and O–H groups in total. The number of carbonyl (C=O) groups excluding carboxylic acids is 1. The summed E-state index contributed by atoms with van der Waals surface area (Å²) in [5, 5.41) is 3.34. The van der Waals surface area contributed by atoms with Crippen LogP contribution < -0.4 is 5.32 Å². The lowest BCUT2D eigenvalue weighted by molar-refractivity contribution is -0.142. The van der Waals surface area contributed by atoms with E-state index in [0.29, 0.717) is 19.1 Å². The van der Waals surface area contributed by atoms with Crippen LogP contribution in [0.1, 0.15) is 30.9 Å². The van der Waals surface area contributed by atoms with Gasteiger partial charge in [-0.05, 0) is 44.0 Å². The Labute approximate surface area is 114 Å². The van der Waals surface area contributed by atoms with E-state index in [0.717, 1.165) is 24.1 Å². The Morgan fingerprint density at radius 3 is 3.16 bits per heavy atom. The quantitative estimate of drug-likeness (QED) is 0.664. The van der Waals surface area contributed by atoms with Crippen molar-refractivity contribution in [3.63, 3.8) is 0 Å². The Morgan fingerprint density at radius 2 is 2.42 bits per heavy atom. The highest BCUT2D eigenvalue weighted by molar-refractivity contribution is 5.72. The summed E-state index contributed by atoms with van der Waals surface area (Å²) in [5.41, 5.74) is 1.90. The smallest absolute Gasteiger partial charge is 0.310 e. The van der Waals surface area contributed by atoms with Crippen molar-refractivity contribution in [3.05, 3.63) is 35.4 Å². The standard InChI is InChI=1S/C16H19NO2/c1-2-19-16(18)12-14-6-3-5-13(11-14)8-9-15-7-4-10-17-15/h3,5-6,11,15,17H,2,4,7,10,12H2,1H3. The summed E-state index contributed by atoms with van der Waals surface area (Å²) < 4.78 is 4.94. The highest BCUT2D eigenvalue weighted by atomic mass is 16.5. The van der Waals surface area contributed by atoms with Crippen molar-refractivity contribution in [2.75, 3.05) is 13.2 Å². The van der Waals surface area contributed by atoms with Crippen LogP contribution in [0.2, 0.25) is 0 Å². The van der Waals surface area contributed by atoms with Crippen LogP contribution in [0, 0.1) is 11.8 Å². The molecule has 3 heteroatoms. The number of hydrogen-bond donors (Lipinski definition) is 1. The van der Waals surface area contributed by atoms with Crippen molar-refractivity contribution in [3.8, 4) is 11.8 Å². The Bertz CT molecular complexity index is 493. The molecular formula is C16H19NO2. The molecule has 0 aliphatic carbocycles. The van der Waals surface area contributed by atoms with E-state index in [-0.39, 0.29) is 5.97 Å². The Balaban J connectivity index is 2.00. The predicted molar refractivity (Wildman–Crippen MR) is 74.7 cm³/mol. The van der Waals surface area contributed by atoms with Crippen LogP contribution in [0.15, 0.2) is 24.3 Å². The Kier molecular flexibility index (Phi) is 5.00. The summed E-state index contributed by atoms with van der Waals surface area (Å²) in [4.78, 5) is 11.4. The number of rotatable bonds is 3. The number of carbonyl (C=O) groups is 1. The first kappa shape index (κ1) is 13.6. The van der Waals surface area contributed by atoms with E-state index in [1.807, 2.05) is 31.2 Å². The summed E-state index contributed by atoms with van der Waals surface area (Å²) in [5.74, 6) is 6.20. The predicted octanol–water partition coefficient (Wildman–Crippen LogP) is 1.90. The Hall–Kier alpha value is -1.79. The minimum absolute atomic E-state index is 0.190. The fourth-order valence-electron chi connectivity index (χ4n) is 2.12. The highest BCUT2D eigenvalue weighted by Crippen LogP contribution is 2.07. The minimum Gasteiger partial charge on any atom is -0.466 e. The lowest BCUT2D eigenvalue weighted by atomic mass is 10.1. The van der Waals surface area contributed by atoms with Crippen LogP contribution in [0.4, 0.5) is 0 Å². The third-order valence-electron chi connectivity index (χ3n) is 3.03. The molecule has 0 radical (unpaired) electrons. The van der Waals surface area contributed by atoms with Crippen molar-refractivity contribution in [1.29, 1.82) is 0 Å². The molecule has 1 aromatic rings. The molecule has 0 amide bonds. The van der Waals surface area contributed by atoms with Crippen molar-refractivity contribution in [2.24, 2.45) is 0 Å². The Morgan fingerprint density at radius 1 is 1.53 bits per heavy atom. The maximum Gasteiger partial charge on any atom is 0.310 e. The average Bonchev–Trinajstić information content (AvgIpc) is 2.90. The third-order valence-corrected chi connectivity index (χ3v) is 3.03. The first-order chi connectivity index (χ1) is 9.28. The zero-order valence-corrected chi connectivity index (χ0v) is 11.2. The van der Waals surface area contributed by atoms with Gasteiger partial charge in [-0.15, -0.1) is 0 Å². The van der Waals surface area contributed by atoms with Gasteiger partial charge in [-0.1, -0.05) is 24.0 Å². The molecule has 1 aliphatic rings. The fraction of sp³-hybridized carbons (Fsp3) is 0.438. The van der Waals surface area contributed by atoms with E-state index in [1.54, 1.807) is 0 Å². The number of hydrogen-bond acceptors (Lipinski definition) is 3. The van der Waals surface area contributed by atoms with Gasteiger partial charge in [0.2, 0.25) is 0 Å². The molecule has 0 spiro atoms. The number of benzene rings is 1. The maximum atomic E-state index is 11.4. The van der Waals surface area contributed by atoms with Gasteiger partial charge in [-0.25, -0.2) is 0 Å². The molecule has 1 aliphatic heterocycles. The molecule has 1 fully saturated rings. The van der Waals surface area contributed by atoms with E-state index in [1.165, 1.54) is 6.42 Å². The summed E-state index contributed by atoms with van der Waals surface area (Å²) in [6.45, 7) is 3.29. The third kappa shape index (κ3) is 4.42. The van der Waals surface area contributed by atoms with Crippen LogP contribution in [-0.2, 0) is 16.0 Å². The van der Waals surface area contributed by atoms with Crippen molar-refractivity contribution < 1.29 is 9.53 Å². The van der Waals surface area contributed by atoms with Crippen LogP contribution in [0.5, 0.6) is 0 Å². The summed E-state index contributed by atoms with van der Waals surface area (Å²) in [6, 6.07) is 8.10. The van der Waals surface area contributed by atoms with Gasteiger partial charge in [0.1, 0.15) is 0 Å². The minimum atomic E-state index is -0.190. The molecule has 1 atom stereocenters. The SMILES string of the molecule is CCOC(=O)Cc1cccc(C#CC2CCCN2)c1. The van der Waals surface area contributed by atoms with Crippen molar-refractivity contribution >= 4 is 5.97 Å². The highest BCUT2D eigenvalue weighted by Gasteiger charge is 2.10. The largest absolute Gasteiger partial charge is 0.466 e. The normalized spacial score (nSPS) is 17.6. The maximum absolute atomic E-state index is 11.4. The van der Waals surface area contributed by atoms with E-state index < -0.39 is 0 Å². The molecule has 0 bridgehead atoms. The lowest BCUT2D eigenvalue weighted by Gasteiger charge is -2.02. The summed E-state index contributed by atoms with van der Waals surface area (Å²) in [6.07, 6.45) is 2.63. The van der Waals surface area contributed by atoms with Gasteiger partial charge < -0.3 is 10.1 Å². The molecule has 1 saturated heterocycles. The fourth-order valence-corrected chi connectivity index (χ4v) is 2.12. The monoisotopic (exact) mass is 257 g/mol. The van der Waals surface area contributed by atoms with Gasteiger partial charge in [0.05, 0.1) is 19.1 Å². The van der Waals surface area contributed by atoms with Gasteiger partial charge >= 0.3 is 5.97 Å². The van der Waals surface area contributed by atoms with Crippen LogP contribution in [-0.4, -0.2) is 25.2 Å². The van der Waals surface area contributed by atoms with Crippen molar-refractivity contribution in [1.82, 2.24) is 5.32 Å². The molecule has 0 saturated carbocycles. The summed E-state index contributed by atoms with van der Waals surface area (Å²) in [7, 11) is 0. The molecule has 3 nitrogen and oxygen atoms in total. The van der Waals surface area contributed by atoms with E-state index in [4.69, 9.17) is 4.74 Å². The van der Waals surface area contributed by atoms with Crippen LogP contribution >= 0.6 is 0 Å². The van der Waals surface area contributed by atoms with Crippen molar-refractivity contribution in [2.45, 2.75) is 32.2 Å². The first-order valence-electron chi connectivity index (χ1n) is 6.77. The molecular weight excluding hydrogens is 238 g/mol. The molecule has 100 valence electrons. The second-order valence-electron chi connectivity index (χ2n) is 4.60. The second-order valence-corrected chi connectivity index (χ2v) is 4.60. The zero-order valence-electron chi connectivity index (χ0n) is 11.2. The number of esters is 1. The van der Waals surface area contributed by atoms with Gasteiger partial charge in [-0.3, -0.25) is 4.79 Å². The van der Waals surface area contributed by atoms with E-state index >= 15 is 0 Å². The van der Waals surface area contributed by atoms with Gasteiger partial charge in [0, 0.05) is 5.56 Å². The molecule has 1 aromatic carbocycles. The van der Waals surface area contributed by atoms with Gasteiger partial charge in [0.15, 0.2) is 0 Å². The van der Waals surface area contributed by atoms with Gasteiger partial charge in [-0.2, -0.15) is 0 Å². The molecule has 0 aromatic heterocycles. The average molecular weight is 257 g/mol. The first-order valence-corrected chi connectivity index (χ1v) is 6.77. The van der Waals surface area contributed by atoms with Gasteiger partial charge in [0.25, 0.3) is 0 Å². The van der Waals surface area contributed by atoms with E-state index in [2.05, 4.69) is 17.2 Å². The topological polar surface area (TPSA) is 38.3 Å². The molecule has 1 unspecified atom stereocenters. The van der Waals surface area contributed by atoms with E-state index in [9.17, 15) is 4.79 Å². The molecule has 2 rings (SSSR count). The molecule has 19 heavy (non-hydrogen) atoms.